The molecule has 0 radical (unpaired) electrons. The van der Waals surface area contributed by atoms with Crippen LogP contribution in [0.4, 0.5) is 0 Å². The van der Waals surface area contributed by atoms with Crippen molar-refractivity contribution in [3.05, 3.63) is 112 Å². The van der Waals surface area contributed by atoms with Gasteiger partial charge in [0.05, 0.1) is 11.9 Å². The Morgan fingerprint density at radius 1 is 1.12 bits per heavy atom. The van der Waals surface area contributed by atoms with Gasteiger partial charge in [0.15, 0.2) is 5.54 Å². The van der Waals surface area contributed by atoms with Gasteiger partial charge >= 0.3 is 0 Å². The molecule has 1 aliphatic carbocycles. The molecule has 0 saturated heterocycles. The van der Waals surface area contributed by atoms with Crippen LogP contribution in [0, 0.1) is 19.8 Å². The van der Waals surface area contributed by atoms with Crippen molar-refractivity contribution >= 4 is 23.5 Å². The van der Waals surface area contributed by atoms with Gasteiger partial charge in [-0.1, -0.05) is 48.5 Å². The van der Waals surface area contributed by atoms with Gasteiger partial charge in [-0.05, 0) is 80.6 Å². The maximum Gasteiger partial charge on any atom is 0.251 e. The summed E-state index contributed by atoms with van der Waals surface area (Å²) in [6, 6.07) is 20.5. The van der Waals surface area contributed by atoms with Gasteiger partial charge in [-0.15, -0.1) is 0 Å². The molecular formula is C34H37N5O. The van der Waals surface area contributed by atoms with E-state index >= 15 is 0 Å². The quantitative estimate of drug-likeness (QED) is 0.182. The van der Waals surface area contributed by atoms with Crippen LogP contribution in [0.25, 0.3) is 22.0 Å². The van der Waals surface area contributed by atoms with Crippen LogP contribution in [0.5, 0.6) is 0 Å². The lowest BCUT2D eigenvalue weighted by atomic mass is 9.80. The zero-order valence-electron chi connectivity index (χ0n) is 24.1. The highest BCUT2D eigenvalue weighted by molar-refractivity contribution is 5.95. The molecule has 0 amide bonds. The Kier molecular flexibility index (Phi) is 7.53. The van der Waals surface area contributed by atoms with Crippen LogP contribution in [0.15, 0.2) is 93.9 Å². The summed E-state index contributed by atoms with van der Waals surface area (Å²) in [5, 5.41) is 1.01. The number of likely N-dealkylation sites (N-methyl/N-ethyl adjacent to an activating group) is 1. The van der Waals surface area contributed by atoms with Crippen LogP contribution in [-0.2, 0) is 12.1 Å². The van der Waals surface area contributed by atoms with Crippen LogP contribution in [0.3, 0.4) is 0 Å². The molecule has 40 heavy (non-hydrogen) atoms. The van der Waals surface area contributed by atoms with Crippen molar-refractivity contribution in [2.24, 2.45) is 15.9 Å². The van der Waals surface area contributed by atoms with Crippen LogP contribution in [0.2, 0.25) is 0 Å². The topological polar surface area (TPSA) is 62.9 Å². The number of pyridine rings is 2. The third-order valence-electron chi connectivity index (χ3n) is 7.78. The molecule has 2 heterocycles. The van der Waals surface area contributed by atoms with E-state index in [1.165, 1.54) is 12.8 Å². The number of aliphatic imine (C=N–C) groups is 2. The van der Waals surface area contributed by atoms with E-state index in [9.17, 15) is 4.79 Å². The van der Waals surface area contributed by atoms with Crippen LogP contribution >= 0.6 is 0 Å². The molecule has 2 aromatic carbocycles. The van der Waals surface area contributed by atoms with Gasteiger partial charge in [0.1, 0.15) is 0 Å². The number of hydrogen-bond acceptors (Lipinski definition) is 4. The zero-order chi connectivity index (χ0) is 28.4. The summed E-state index contributed by atoms with van der Waals surface area (Å²) in [7, 11) is 3.68. The number of fused-ring (bicyclic) bond motifs is 1. The van der Waals surface area contributed by atoms with Gasteiger partial charge < -0.3 is 9.47 Å². The number of rotatable bonds is 9. The Balaban J connectivity index is 1.85. The van der Waals surface area contributed by atoms with Gasteiger partial charge in [-0.2, -0.15) is 0 Å². The third kappa shape index (κ3) is 5.02. The molecular weight excluding hydrogens is 494 g/mol. The first kappa shape index (κ1) is 27.3. The van der Waals surface area contributed by atoms with Crippen molar-refractivity contribution in [2.75, 3.05) is 14.1 Å². The highest BCUT2D eigenvalue weighted by Crippen LogP contribution is 2.43. The average molecular weight is 532 g/mol. The molecule has 0 bridgehead atoms. The fraction of sp³-hybridized carbons (Fsp3) is 0.294. The first-order chi connectivity index (χ1) is 19.3. The maximum atomic E-state index is 13.5. The first-order valence-electron chi connectivity index (χ1n) is 13.8. The molecule has 1 saturated carbocycles. The average Bonchev–Trinajstić information content (AvgIpc) is 3.77. The summed E-state index contributed by atoms with van der Waals surface area (Å²) >= 11 is 0. The van der Waals surface area contributed by atoms with Crippen LogP contribution in [-0.4, -0.2) is 41.1 Å². The van der Waals surface area contributed by atoms with Gasteiger partial charge in [0.2, 0.25) is 0 Å². The fourth-order valence-electron chi connectivity index (χ4n) is 5.51. The van der Waals surface area contributed by atoms with Crippen molar-refractivity contribution < 1.29 is 0 Å². The second kappa shape index (κ2) is 11.0. The number of nitrogens with zero attached hydrogens (tertiary/aromatic N) is 5. The lowest BCUT2D eigenvalue weighted by Crippen LogP contribution is -2.36. The van der Waals surface area contributed by atoms with Crippen LogP contribution in [0.1, 0.15) is 42.1 Å². The summed E-state index contributed by atoms with van der Waals surface area (Å²) in [6.07, 6.45) is 7.79. The summed E-state index contributed by atoms with van der Waals surface area (Å²) in [4.78, 5) is 29.4. The van der Waals surface area contributed by atoms with E-state index in [1.807, 2.05) is 54.9 Å². The van der Waals surface area contributed by atoms with E-state index in [2.05, 4.69) is 65.9 Å². The number of benzene rings is 2. The smallest absolute Gasteiger partial charge is 0.251 e. The summed E-state index contributed by atoms with van der Waals surface area (Å²) in [5.41, 5.74) is 6.61. The van der Waals surface area contributed by atoms with Crippen molar-refractivity contribution in [3.8, 4) is 11.1 Å². The summed E-state index contributed by atoms with van der Waals surface area (Å²) in [5.74, 6) is 0.564. The molecule has 1 atom stereocenters. The molecule has 204 valence electrons. The standard InChI is InChI=1S/C34H37N5O/c1-7-37-34(25(4)38(6)22-35-5,29-14-11-24(3)36-20-29)28-15-16-32-31(18-28)30(27-10-8-9-23(2)17-27)19-33(40)39(32)21-26-12-13-26/h7-11,14-20,22,26H,4,12-13,21H2,1-3,5-6H3. The number of aryl methyl sites for hydroxylation is 2. The van der Waals surface area contributed by atoms with Crippen molar-refractivity contribution in [2.45, 2.75) is 45.7 Å². The van der Waals surface area contributed by atoms with E-state index < -0.39 is 5.54 Å². The Morgan fingerprint density at radius 2 is 1.90 bits per heavy atom. The van der Waals surface area contributed by atoms with E-state index in [-0.39, 0.29) is 5.56 Å². The minimum atomic E-state index is -0.957. The lowest BCUT2D eigenvalue weighted by Gasteiger charge is -2.36. The van der Waals surface area contributed by atoms with Crippen molar-refractivity contribution in [1.29, 1.82) is 0 Å². The van der Waals surface area contributed by atoms with E-state index in [0.717, 1.165) is 56.7 Å². The molecule has 2 aromatic heterocycles. The normalized spacial score (nSPS) is 15.1. The molecule has 4 aromatic rings. The Morgan fingerprint density at radius 3 is 2.55 bits per heavy atom. The van der Waals surface area contributed by atoms with E-state index in [1.54, 1.807) is 19.5 Å². The van der Waals surface area contributed by atoms with Crippen LogP contribution < -0.4 is 5.56 Å². The predicted octanol–water partition coefficient (Wildman–Crippen LogP) is 6.53. The number of aromatic nitrogens is 2. The Labute approximate surface area is 236 Å². The van der Waals surface area contributed by atoms with Gasteiger partial charge in [0.25, 0.3) is 5.56 Å². The SMILES string of the molecule is C=C(N(C)C=NC)C(N=CC)(c1ccc(C)nc1)c1ccc2c(c1)c(-c1cccc(C)c1)cc(=O)n2CC1CC1. The molecule has 1 fully saturated rings. The summed E-state index contributed by atoms with van der Waals surface area (Å²) < 4.78 is 1.94. The monoisotopic (exact) mass is 531 g/mol. The Bertz CT molecular complexity index is 1680. The third-order valence-corrected chi connectivity index (χ3v) is 7.78. The molecule has 5 rings (SSSR count). The highest BCUT2D eigenvalue weighted by atomic mass is 16.1. The second-order valence-electron chi connectivity index (χ2n) is 10.8. The lowest BCUT2D eigenvalue weighted by molar-refractivity contribution is 0.490. The molecule has 0 N–H and O–H groups in total. The largest absolute Gasteiger partial charge is 0.337 e. The predicted molar refractivity (Wildman–Crippen MR) is 166 cm³/mol. The molecule has 0 aliphatic heterocycles. The fourth-order valence-corrected chi connectivity index (χ4v) is 5.51. The van der Waals surface area contributed by atoms with Gasteiger partial charge in [-0.3, -0.25) is 19.8 Å². The second-order valence-corrected chi connectivity index (χ2v) is 10.8. The first-order valence-corrected chi connectivity index (χ1v) is 13.8. The minimum Gasteiger partial charge on any atom is -0.337 e. The minimum absolute atomic E-state index is 0.0348. The van der Waals surface area contributed by atoms with Gasteiger partial charge in [0, 0.05) is 55.2 Å². The molecule has 6 nitrogen and oxygen atoms in total. The summed E-state index contributed by atoms with van der Waals surface area (Å²) in [6.45, 7) is 11.2. The Hall–Kier alpha value is -4.32. The van der Waals surface area contributed by atoms with E-state index in [4.69, 9.17) is 4.99 Å². The molecule has 1 unspecified atom stereocenters. The van der Waals surface area contributed by atoms with Crippen molar-refractivity contribution in [1.82, 2.24) is 14.5 Å². The molecule has 6 heteroatoms. The molecule has 1 aliphatic rings. The number of hydrogen-bond donors (Lipinski definition) is 0. The zero-order valence-corrected chi connectivity index (χ0v) is 24.1. The maximum absolute atomic E-state index is 13.5. The van der Waals surface area contributed by atoms with Crippen molar-refractivity contribution in [3.63, 3.8) is 0 Å². The highest BCUT2D eigenvalue weighted by Gasteiger charge is 2.39. The van der Waals surface area contributed by atoms with Gasteiger partial charge in [-0.25, -0.2) is 0 Å². The molecule has 0 spiro atoms. The van der Waals surface area contributed by atoms with E-state index in [0.29, 0.717) is 5.92 Å².